The number of likely N-dealkylation sites (N-methyl/N-ethyl adjacent to an activating group) is 1. The van der Waals surface area contributed by atoms with Gasteiger partial charge in [0, 0.05) is 18.0 Å². The van der Waals surface area contributed by atoms with Crippen LogP contribution in [0.3, 0.4) is 0 Å². The van der Waals surface area contributed by atoms with Gasteiger partial charge in [-0.25, -0.2) is 4.98 Å². The van der Waals surface area contributed by atoms with Gasteiger partial charge in [-0.1, -0.05) is 6.08 Å². The highest BCUT2D eigenvalue weighted by atomic mass is 32.1. The molecule has 12 heavy (non-hydrogen) atoms. The molecule has 3 heteroatoms. The second-order valence-corrected chi connectivity index (χ2v) is 3.87. The lowest BCUT2D eigenvalue weighted by Gasteiger charge is -2.16. The quantitative estimate of drug-likeness (QED) is 0.656. The normalized spacial score (nSPS) is 24.5. The molecule has 0 bridgehead atoms. The van der Waals surface area contributed by atoms with Gasteiger partial charge in [-0.15, -0.1) is 11.3 Å². The Hall–Kier alpha value is -0.670. The van der Waals surface area contributed by atoms with E-state index in [1.54, 1.807) is 11.3 Å². The van der Waals surface area contributed by atoms with Gasteiger partial charge in [0.25, 0.3) is 0 Å². The molecule has 0 unspecified atom stereocenters. The minimum Gasteiger partial charge on any atom is -0.296 e. The molecule has 1 aromatic heterocycles. The summed E-state index contributed by atoms with van der Waals surface area (Å²) in [6.45, 7) is 3.27. The summed E-state index contributed by atoms with van der Waals surface area (Å²) in [6.07, 6.45) is 2.26. The van der Waals surface area contributed by atoms with Crippen LogP contribution in [-0.4, -0.2) is 29.5 Å². The second kappa shape index (κ2) is 2.99. The van der Waals surface area contributed by atoms with E-state index in [1.807, 2.05) is 5.51 Å². The van der Waals surface area contributed by atoms with Crippen molar-refractivity contribution in [2.24, 2.45) is 0 Å². The molecule has 1 atom stereocenters. The van der Waals surface area contributed by atoms with Crippen LogP contribution < -0.4 is 0 Å². The van der Waals surface area contributed by atoms with Crippen molar-refractivity contribution in [1.82, 2.24) is 9.88 Å². The first-order chi connectivity index (χ1) is 5.79. The highest BCUT2D eigenvalue weighted by molar-refractivity contribution is 7.07. The Morgan fingerprint density at radius 2 is 2.50 bits per heavy atom. The summed E-state index contributed by atoms with van der Waals surface area (Å²) in [5.74, 6) is 0. The highest BCUT2D eigenvalue weighted by Gasteiger charge is 2.21. The van der Waals surface area contributed by atoms with Crippen LogP contribution in [0.2, 0.25) is 0 Å². The summed E-state index contributed by atoms with van der Waals surface area (Å²) >= 11 is 1.66. The van der Waals surface area contributed by atoms with Crippen LogP contribution in [0.25, 0.3) is 5.57 Å². The zero-order valence-electron chi connectivity index (χ0n) is 7.32. The van der Waals surface area contributed by atoms with Crippen LogP contribution in [0.15, 0.2) is 17.0 Å². The molecular formula is C9H12N2S. The maximum Gasteiger partial charge on any atom is 0.0798 e. The molecule has 0 spiro atoms. The van der Waals surface area contributed by atoms with Crippen molar-refractivity contribution in [3.63, 3.8) is 0 Å². The van der Waals surface area contributed by atoms with E-state index in [1.165, 1.54) is 5.57 Å². The monoisotopic (exact) mass is 180 g/mol. The molecule has 2 heterocycles. The van der Waals surface area contributed by atoms with Gasteiger partial charge >= 0.3 is 0 Å². The summed E-state index contributed by atoms with van der Waals surface area (Å²) in [5, 5.41) is 2.11. The van der Waals surface area contributed by atoms with Crippen molar-refractivity contribution in [3.8, 4) is 0 Å². The van der Waals surface area contributed by atoms with E-state index < -0.39 is 0 Å². The topological polar surface area (TPSA) is 16.1 Å². The zero-order valence-corrected chi connectivity index (χ0v) is 8.14. The van der Waals surface area contributed by atoms with Gasteiger partial charge in [0.15, 0.2) is 0 Å². The Morgan fingerprint density at radius 1 is 1.67 bits per heavy atom. The first-order valence-electron chi connectivity index (χ1n) is 4.08. The summed E-state index contributed by atoms with van der Waals surface area (Å²) in [7, 11) is 2.14. The molecule has 0 aromatic carbocycles. The molecule has 2 rings (SSSR count). The smallest absolute Gasteiger partial charge is 0.0798 e. The van der Waals surface area contributed by atoms with E-state index in [2.05, 4.69) is 35.3 Å². The average Bonchev–Trinajstić information content (AvgIpc) is 2.64. The van der Waals surface area contributed by atoms with E-state index in [9.17, 15) is 0 Å². The zero-order chi connectivity index (χ0) is 8.55. The molecule has 0 amide bonds. The Kier molecular flexibility index (Phi) is 1.98. The Balaban J connectivity index is 2.27. The Bertz CT molecular complexity index is 289. The number of thiazole rings is 1. The molecule has 64 valence electrons. The summed E-state index contributed by atoms with van der Waals surface area (Å²) in [5.41, 5.74) is 4.41. The minimum atomic E-state index is 0.520. The summed E-state index contributed by atoms with van der Waals surface area (Å²) in [6, 6.07) is 0.520. The van der Waals surface area contributed by atoms with Crippen molar-refractivity contribution in [2.75, 3.05) is 13.6 Å². The molecule has 1 aliphatic rings. The molecule has 0 saturated carbocycles. The molecule has 2 nitrogen and oxygen atoms in total. The van der Waals surface area contributed by atoms with Crippen molar-refractivity contribution in [1.29, 1.82) is 0 Å². The number of nitrogens with zero attached hydrogens (tertiary/aromatic N) is 2. The second-order valence-electron chi connectivity index (χ2n) is 3.15. The van der Waals surface area contributed by atoms with Crippen molar-refractivity contribution in [2.45, 2.75) is 13.0 Å². The fraction of sp³-hybridized carbons (Fsp3) is 0.444. The molecule has 0 aliphatic carbocycles. The molecule has 1 aliphatic heterocycles. The van der Waals surface area contributed by atoms with Crippen LogP contribution in [0.5, 0.6) is 0 Å². The van der Waals surface area contributed by atoms with Crippen molar-refractivity contribution < 1.29 is 0 Å². The standard InChI is InChI=1S/C9H12N2S/c1-7-8(3-4-11(7)2)9-5-12-6-10-9/h3,5-7H,4H2,1-2H3/t7-/m1/s1. The summed E-state index contributed by atoms with van der Waals surface area (Å²) < 4.78 is 0. The van der Waals surface area contributed by atoms with Gasteiger partial charge in [-0.2, -0.15) is 0 Å². The summed E-state index contributed by atoms with van der Waals surface area (Å²) in [4.78, 5) is 6.62. The van der Waals surface area contributed by atoms with E-state index in [0.29, 0.717) is 6.04 Å². The fourth-order valence-corrected chi connectivity index (χ4v) is 2.04. The van der Waals surface area contributed by atoms with Crippen LogP contribution in [0.1, 0.15) is 12.6 Å². The molecular weight excluding hydrogens is 168 g/mol. The third-order valence-electron chi connectivity index (χ3n) is 2.44. The first-order valence-corrected chi connectivity index (χ1v) is 5.02. The number of hydrogen-bond donors (Lipinski definition) is 0. The number of rotatable bonds is 1. The molecule has 0 N–H and O–H groups in total. The molecule has 0 fully saturated rings. The van der Waals surface area contributed by atoms with Gasteiger partial charge in [-0.3, -0.25) is 4.90 Å². The van der Waals surface area contributed by atoms with Crippen LogP contribution in [0.4, 0.5) is 0 Å². The maximum atomic E-state index is 4.31. The average molecular weight is 180 g/mol. The molecule has 1 aromatic rings. The SMILES string of the molecule is C[C@@H]1C(c2cscn2)=CCN1C. The van der Waals surface area contributed by atoms with E-state index in [4.69, 9.17) is 0 Å². The molecule has 0 radical (unpaired) electrons. The van der Waals surface area contributed by atoms with Gasteiger partial charge in [0.1, 0.15) is 0 Å². The van der Waals surface area contributed by atoms with E-state index in [0.717, 1.165) is 12.2 Å². The number of hydrogen-bond acceptors (Lipinski definition) is 3. The van der Waals surface area contributed by atoms with Gasteiger partial charge < -0.3 is 0 Å². The lowest BCUT2D eigenvalue weighted by molar-refractivity contribution is 0.357. The lowest BCUT2D eigenvalue weighted by Crippen LogP contribution is -2.24. The Labute approximate surface area is 76.5 Å². The van der Waals surface area contributed by atoms with Crippen LogP contribution in [-0.2, 0) is 0 Å². The first kappa shape index (κ1) is 7.95. The van der Waals surface area contributed by atoms with E-state index in [-0.39, 0.29) is 0 Å². The number of aromatic nitrogens is 1. The Morgan fingerprint density at radius 3 is 3.00 bits per heavy atom. The van der Waals surface area contributed by atoms with Crippen LogP contribution in [0, 0.1) is 0 Å². The predicted octanol–water partition coefficient (Wildman–Crippen LogP) is 1.86. The predicted molar refractivity (Wildman–Crippen MR) is 52.2 cm³/mol. The molecule has 0 saturated heterocycles. The van der Waals surface area contributed by atoms with Gasteiger partial charge in [-0.05, 0) is 19.5 Å². The third-order valence-corrected chi connectivity index (χ3v) is 3.02. The fourth-order valence-electron chi connectivity index (χ4n) is 1.48. The van der Waals surface area contributed by atoms with Crippen LogP contribution >= 0.6 is 11.3 Å². The largest absolute Gasteiger partial charge is 0.296 e. The maximum absolute atomic E-state index is 4.31. The third kappa shape index (κ3) is 1.19. The minimum absolute atomic E-state index is 0.520. The van der Waals surface area contributed by atoms with Gasteiger partial charge in [0.2, 0.25) is 0 Å². The highest BCUT2D eigenvalue weighted by Crippen LogP contribution is 2.25. The lowest BCUT2D eigenvalue weighted by atomic mass is 10.1. The van der Waals surface area contributed by atoms with Gasteiger partial charge in [0.05, 0.1) is 11.2 Å². The van der Waals surface area contributed by atoms with Crippen molar-refractivity contribution >= 4 is 16.9 Å². The van der Waals surface area contributed by atoms with E-state index >= 15 is 0 Å². The van der Waals surface area contributed by atoms with Crippen molar-refractivity contribution in [3.05, 3.63) is 22.7 Å².